The summed E-state index contributed by atoms with van der Waals surface area (Å²) < 4.78 is 6.45. The Balaban J connectivity index is 1.01. The molecule has 3 heteroatoms. The van der Waals surface area contributed by atoms with E-state index in [0.717, 1.165) is 44.4 Å². The number of hydrogen-bond acceptors (Lipinski definition) is 3. The van der Waals surface area contributed by atoms with Gasteiger partial charge in [0.2, 0.25) is 0 Å². The topological polar surface area (TPSA) is 38.9 Å². The molecule has 0 amide bonds. The molecule has 0 saturated carbocycles. The average molecular weight is 707 g/mol. The molecule has 2 heterocycles. The number of hydrogen-bond donors (Lipinski definition) is 0. The van der Waals surface area contributed by atoms with Crippen molar-refractivity contribution in [3.05, 3.63) is 180 Å². The number of benzene rings is 7. The first kappa shape index (κ1) is 31.9. The molecular formula is C52H38N2O. The lowest BCUT2D eigenvalue weighted by atomic mass is 9.79. The number of nitrogens with zero attached hydrogens (tertiary/aromatic N) is 2. The minimum Gasteiger partial charge on any atom is -0.452 e. The fourth-order valence-electron chi connectivity index (χ4n) is 9.35. The second-order valence-corrected chi connectivity index (χ2v) is 16.2. The third kappa shape index (κ3) is 4.69. The van der Waals surface area contributed by atoms with E-state index in [4.69, 9.17) is 14.4 Å². The minimum absolute atomic E-state index is 0.0422. The van der Waals surface area contributed by atoms with Gasteiger partial charge >= 0.3 is 0 Å². The Bertz CT molecular complexity index is 3040. The van der Waals surface area contributed by atoms with Gasteiger partial charge in [0.15, 0.2) is 11.4 Å². The Morgan fingerprint density at radius 3 is 1.69 bits per heavy atom. The molecule has 0 fully saturated rings. The van der Waals surface area contributed by atoms with Gasteiger partial charge in [-0.15, -0.1) is 0 Å². The van der Waals surface area contributed by atoms with Crippen molar-refractivity contribution in [3.8, 4) is 67.2 Å². The van der Waals surface area contributed by atoms with Crippen LogP contribution < -0.4 is 0 Å². The summed E-state index contributed by atoms with van der Waals surface area (Å²) in [6, 6.07) is 56.8. The molecule has 0 unspecified atom stereocenters. The summed E-state index contributed by atoms with van der Waals surface area (Å²) in [5.74, 6) is 0.682. The molecule has 0 spiro atoms. The second-order valence-electron chi connectivity index (χ2n) is 16.2. The zero-order chi connectivity index (χ0) is 37.1. The fourth-order valence-corrected chi connectivity index (χ4v) is 9.35. The minimum atomic E-state index is -0.0885. The van der Waals surface area contributed by atoms with Gasteiger partial charge in [0.1, 0.15) is 16.8 Å². The average Bonchev–Trinajstić information content (AvgIpc) is 3.79. The van der Waals surface area contributed by atoms with Crippen molar-refractivity contribution < 1.29 is 4.42 Å². The van der Waals surface area contributed by atoms with Crippen molar-refractivity contribution in [2.45, 2.75) is 38.5 Å². The normalized spacial score (nSPS) is 14.5. The summed E-state index contributed by atoms with van der Waals surface area (Å²) in [7, 11) is 0. The first-order valence-corrected chi connectivity index (χ1v) is 19.2. The van der Waals surface area contributed by atoms with Crippen molar-refractivity contribution in [3.63, 3.8) is 0 Å². The maximum Gasteiger partial charge on any atom is 0.180 e. The zero-order valence-electron chi connectivity index (χ0n) is 31.3. The van der Waals surface area contributed by atoms with Gasteiger partial charge in [-0.25, -0.2) is 9.97 Å². The van der Waals surface area contributed by atoms with Gasteiger partial charge in [0.25, 0.3) is 0 Å². The van der Waals surface area contributed by atoms with E-state index in [-0.39, 0.29) is 10.8 Å². The van der Waals surface area contributed by atoms with E-state index >= 15 is 0 Å². The van der Waals surface area contributed by atoms with E-state index in [9.17, 15) is 0 Å². The Labute approximate surface area is 321 Å². The van der Waals surface area contributed by atoms with E-state index in [1.165, 1.54) is 55.6 Å². The van der Waals surface area contributed by atoms with Crippen LogP contribution in [0.15, 0.2) is 162 Å². The van der Waals surface area contributed by atoms with Gasteiger partial charge in [-0.1, -0.05) is 143 Å². The first-order chi connectivity index (χ1) is 26.8. The van der Waals surface area contributed by atoms with Gasteiger partial charge in [-0.2, -0.15) is 0 Å². The Morgan fingerprint density at radius 2 is 0.945 bits per heavy atom. The molecule has 2 aromatic heterocycles. The third-order valence-corrected chi connectivity index (χ3v) is 12.3. The molecule has 3 nitrogen and oxygen atoms in total. The van der Waals surface area contributed by atoms with Gasteiger partial charge < -0.3 is 4.42 Å². The summed E-state index contributed by atoms with van der Waals surface area (Å²) >= 11 is 0. The van der Waals surface area contributed by atoms with Gasteiger partial charge in [-0.3, -0.25) is 0 Å². The summed E-state index contributed by atoms with van der Waals surface area (Å²) in [5, 5.41) is 0.987. The quantitative estimate of drug-likeness (QED) is 0.183. The van der Waals surface area contributed by atoms with Crippen LogP contribution in [0.2, 0.25) is 0 Å². The van der Waals surface area contributed by atoms with Crippen molar-refractivity contribution in [2.75, 3.05) is 0 Å². The predicted octanol–water partition coefficient (Wildman–Crippen LogP) is 13.7. The lowest BCUT2D eigenvalue weighted by molar-refractivity contribution is 0.652. The summed E-state index contributed by atoms with van der Waals surface area (Å²) in [5.41, 5.74) is 20.7. The molecule has 2 aliphatic rings. The smallest absolute Gasteiger partial charge is 0.180 e. The summed E-state index contributed by atoms with van der Waals surface area (Å²) in [6.07, 6.45) is 0. The summed E-state index contributed by atoms with van der Waals surface area (Å²) in [4.78, 5) is 10.2. The van der Waals surface area contributed by atoms with Crippen molar-refractivity contribution in [1.82, 2.24) is 9.97 Å². The first-order valence-electron chi connectivity index (χ1n) is 19.2. The molecular weight excluding hydrogens is 669 g/mol. The number of fused-ring (bicyclic) bond motifs is 9. The molecule has 0 radical (unpaired) electrons. The van der Waals surface area contributed by atoms with E-state index in [2.05, 4.69) is 149 Å². The molecule has 9 aromatic rings. The standard InChI is InChI=1S/C52H38N2O/c1-51(2)42-22-10-8-20-37(42)40-29-45-41(30-44(40)51)39-28-35(24-25-43(39)52(45,3)4)33-17-12-16-32(26-33)34-18-13-19-36(27-34)47-49-48(38-21-9-11-23-46(38)55-49)54-50(53-47)31-14-6-5-7-15-31/h5-30H,1-4H3. The highest BCUT2D eigenvalue weighted by Crippen LogP contribution is 2.56. The highest BCUT2D eigenvalue weighted by Gasteiger charge is 2.41. The number of rotatable bonds is 4. The largest absolute Gasteiger partial charge is 0.452 e. The maximum atomic E-state index is 6.45. The number of para-hydroxylation sites is 1. The van der Waals surface area contributed by atoms with Crippen LogP contribution in [0.3, 0.4) is 0 Å². The van der Waals surface area contributed by atoms with Crippen LogP contribution in [-0.4, -0.2) is 9.97 Å². The van der Waals surface area contributed by atoms with Crippen molar-refractivity contribution in [2.24, 2.45) is 0 Å². The molecule has 0 N–H and O–H groups in total. The van der Waals surface area contributed by atoms with Crippen molar-refractivity contribution >= 4 is 22.1 Å². The third-order valence-electron chi connectivity index (χ3n) is 12.3. The highest BCUT2D eigenvalue weighted by atomic mass is 16.3. The number of furan rings is 1. The van der Waals surface area contributed by atoms with Crippen LogP contribution in [0.1, 0.15) is 49.9 Å². The molecule has 2 aliphatic carbocycles. The Kier molecular flexibility index (Phi) is 6.65. The number of aromatic nitrogens is 2. The van der Waals surface area contributed by atoms with Crippen molar-refractivity contribution in [1.29, 1.82) is 0 Å². The van der Waals surface area contributed by atoms with Crippen LogP contribution in [0.5, 0.6) is 0 Å². The highest BCUT2D eigenvalue weighted by molar-refractivity contribution is 6.07. The SMILES string of the molecule is CC1(C)c2ccccc2-c2cc3c(cc21)-c1cc(-c2cccc(-c4cccc(-c5nc(-c6ccccc6)nc6c5oc5ccccc56)c4)c2)ccc1C3(C)C. The van der Waals surface area contributed by atoms with E-state index < -0.39 is 0 Å². The molecule has 55 heavy (non-hydrogen) atoms. The second kappa shape index (κ2) is 11.5. The lowest BCUT2D eigenvalue weighted by Crippen LogP contribution is -2.16. The Hall–Kier alpha value is -6.58. The van der Waals surface area contributed by atoms with Crippen LogP contribution in [0.25, 0.3) is 89.2 Å². The molecule has 11 rings (SSSR count). The molecule has 0 aliphatic heterocycles. The van der Waals surface area contributed by atoms with Crippen LogP contribution >= 0.6 is 0 Å². The fraction of sp³-hybridized carbons (Fsp3) is 0.115. The van der Waals surface area contributed by atoms with E-state index in [0.29, 0.717) is 11.4 Å². The molecule has 262 valence electrons. The summed E-state index contributed by atoms with van der Waals surface area (Å²) in [6.45, 7) is 9.49. The molecule has 7 aromatic carbocycles. The van der Waals surface area contributed by atoms with E-state index in [1.807, 2.05) is 36.4 Å². The molecule has 0 atom stereocenters. The van der Waals surface area contributed by atoms with Crippen LogP contribution in [-0.2, 0) is 10.8 Å². The van der Waals surface area contributed by atoms with Gasteiger partial charge in [0.05, 0.1) is 0 Å². The Morgan fingerprint density at radius 1 is 0.400 bits per heavy atom. The molecule has 0 bridgehead atoms. The predicted molar refractivity (Wildman–Crippen MR) is 226 cm³/mol. The maximum absolute atomic E-state index is 6.45. The lowest BCUT2D eigenvalue weighted by Gasteiger charge is -2.24. The van der Waals surface area contributed by atoms with Crippen LogP contribution in [0.4, 0.5) is 0 Å². The zero-order valence-corrected chi connectivity index (χ0v) is 31.3. The molecule has 0 saturated heterocycles. The monoisotopic (exact) mass is 706 g/mol. The van der Waals surface area contributed by atoms with E-state index in [1.54, 1.807) is 0 Å². The van der Waals surface area contributed by atoms with Crippen LogP contribution in [0, 0.1) is 0 Å². The van der Waals surface area contributed by atoms with Gasteiger partial charge in [-0.05, 0) is 109 Å². The van der Waals surface area contributed by atoms with Gasteiger partial charge in [0, 0.05) is 27.3 Å².